The first-order chi connectivity index (χ1) is 8.33. The summed E-state index contributed by atoms with van der Waals surface area (Å²) in [7, 11) is 0. The van der Waals surface area contributed by atoms with Gasteiger partial charge in [-0.1, -0.05) is 19.1 Å². The summed E-state index contributed by atoms with van der Waals surface area (Å²) in [4.78, 5) is 4.57. The molecule has 0 aromatic heterocycles. The summed E-state index contributed by atoms with van der Waals surface area (Å²) >= 11 is 0. The highest BCUT2D eigenvalue weighted by atomic mass is 35.5. The van der Waals surface area contributed by atoms with Crippen LogP contribution in [-0.4, -0.2) is 12.4 Å². The molecule has 3 rings (SSSR count). The molecule has 3 heteroatoms. The first-order valence-electron chi connectivity index (χ1n) is 6.74. The van der Waals surface area contributed by atoms with E-state index in [4.69, 9.17) is 0 Å². The fourth-order valence-electron chi connectivity index (χ4n) is 2.87. The Morgan fingerprint density at radius 2 is 2.06 bits per heavy atom. The second-order valence-corrected chi connectivity index (χ2v) is 5.37. The molecule has 18 heavy (non-hydrogen) atoms. The fourth-order valence-corrected chi connectivity index (χ4v) is 2.87. The molecule has 1 aromatic carbocycles. The standard InChI is InChI=1S/C15H20N2.ClH/c1-11-9-15(16-10-11)17-14-8-4-6-12-5-2-3-7-13(12)14;/h4,6,8,11H,2-3,5,7,9-10H2,1H3,(H,16,17);1H. The summed E-state index contributed by atoms with van der Waals surface area (Å²) in [5.41, 5.74) is 4.36. The van der Waals surface area contributed by atoms with Crippen molar-refractivity contribution >= 4 is 23.9 Å². The SMILES string of the molecule is CC1CN=C(Nc2cccc3c2CCCC3)C1.Cl. The average Bonchev–Trinajstić information content (AvgIpc) is 2.75. The summed E-state index contributed by atoms with van der Waals surface area (Å²) < 4.78 is 0. The second-order valence-electron chi connectivity index (χ2n) is 5.37. The summed E-state index contributed by atoms with van der Waals surface area (Å²) in [6, 6.07) is 6.65. The molecule has 1 aliphatic heterocycles. The van der Waals surface area contributed by atoms with E-state index >= 15 is 0 Å². The normalized spacial score (nSPS) is 21.8. The lowest BCUT2D eigenvalue weighted by Crippen LogP contribution is -2.14. The van der Waals surface area contributed by atoms with E-state index < -0.39 is 0 Å². The summed E-state index contributed by atoms with van der Waals surface area (Å²) in [6.45, 7) is 3.25. The van der Waals surface area contributed by atoms with Gasteiger partial charge >= 0.3 is 0 Å². The van der Waals surface area contributed by atoms with E-state index in [0.717, 1.165) is 13.0 Å². The predicted molar refractivity (Wildman–Crippen MR) is 80.0 cm³/mol. The van der Waals surface area contributed by atoms with Crippen LogP contribution in [0.4, 0.5) is 5.69 Å². The molecule has 1 aromatic rings. The Balaban J connectivity index is 0.00000120. The van der Waals surface area contributed by atoms with Crippen LogP contribution in [0.15, 0.2) is 23.2 Å². The molecular formula is C15H21ClN2. The van der Waals surface area contributed by atoms with Gasteiger partial charge in [0.25, 0.3) is 0 Å². The number of aryl methyl sites for hydroxylation is 1. The lowest BCUT2D eigenvalue weighted by atomic mass is 9.90. The number of benzene rings is 1. The highest BCUT2D eigenvalue weighted by Crippen LogP contribution is 2.28. The molecule has 0 saturated heterocycles. The Bertz CT molecular complexity index is 454. The van der Waals surface area contributed by atoms with Crippen LogP contribution in [0.3, 0.4) is 0 Å². The molecule has 2 aliphatic rings. The van der Waals surface area contributed by atoms with Gasteiger partial charge in [0.05, 0.1) is 0 Å². The number of anilines is 1. The van der Waals surface area contributed by atoms with Gasteiger partial charge in [-0.05, 0) is 48.8 Å². The molecule has 0 radical (unpaired) electrons. The molecular weight excluding hydrogens is 244 g/mol. The maximum absolute atomic E-state index is 4.57. The van der Waals surface area contributed by atoms with Gasteiger partial charge in [0.1, 0.15) is 5.84 Å². The third-order valence-corrected chi connectivity index (χ3v) is 3.81. The smallest absolute Gasteiger partial charge is 0.101 e. The Hall–Kier alpha value is -1.02. The van der Waals surface area contributed by atoms with E-state index in [9.17, 15) is 0 Å². The van der Waals surface area contributed by atoms with Gasteiger partial charge in [-0.15, -0.1) is 12.4 Å². The number of halogens is 1. The molecule has 1 heterocycles. The van der Waals surface area contributed by atoms with E-state index in [2.05, 4.69) is 35.4 Å². The lowest BCUT2D eigenvalue weighted by molar-refractivity contribution is 0.664. The van der Waals surface area contributed by atoms with Gasteiger partial charge in [0, 0.05) is 18.7 Å². The van der Waals surface area contributed by atoms with E-state index in [0.29, 0.717) is 5.92 Å². The van der Waals surface area contributed by atoms with Crippen molar-refractivity contribution in [3.05, 3.63) is 29.3 Å². The Morgan fingerprint density at radius 1 is 1.22 bits per heavy atom. The van der Waals surface area contributed by atoms with Gasteiger partial charge in [-0.2, -0.15) is 0 Å². The molecule has 1 N–H and O–H groups in total. The predicted octanol–water partition coefficient (Wildman–Crippen LogP) is 3.84. The topological polar surface area (TPSA) is 24.4 Å². The van der Waals surface area contributed by atoms with Crippen molar-refractivity contribution in [2.24, 2.45) is 10.9 Å². The molecule has 0 saturated carbocycles. The van der Waals surface area contributed by atoms with Crippen LogP contribution < -0.4 is 5.32 Å². The second kappa shape index (κ2) is 5.75. The molecule has 2 nitrogen and oxygen atoms in total. The van der Waals surface area contributed by atoms with Gasteiger partial charge < -0.3 is 5.32 Å². The third-order valence-electron chi connectivity index (χ3n) is 3.81. The number of nitrogens with one attached hydrogen (secondary N) is 1. The van der Waals surface area contributed by atoms with E-state index in [1.165, 1.54) is 48.3 Å². The maximum atomic E-state index is 4.57. The van der Waals surface area contributed by atoms with Gasteiger partial charge in [-0.25, -0.2) is 0 Å². The largest absolute Gasteiger partial charge is 0.344 e. The van der Waals surface area contributed by atoms with Crippen LogP contribution in [-0.2, 0) is 12.8 Å². The van der Waals surface area contributed by atoms with Crippen molar-refractivity contribution in [3.63, 3.8) is 0 Å². The highest BCUT2D eigenvalue weighted by molar-refractivity contribution is 5.97. The molecule has 0 amide bonds. The number of aliphatic imine (C=N–C) groups is 1. The molecule has 0 spiro atoms. The van der Waals surface area contributed by atoms with Crippen molar-refractivity contribution in [1.82, 2.24) is 0 Å². The van der Waals surface area contributed by atoms with E-state index in [1.807, 2.05) is 0 Å². The summed E-state index contributed by atoms with van der Waals surface area (Å²) in [6.07, 6.45) is 6.24. The number of hydrogen-bond donors (Lipinski definition) is 1. The third kappa shape index (κ3) is 2.69. The molecule has 1 unspecified atom stereocenters. The van der Waals surface area contributed by atoms with Gasteiger partial charge in [0.2, 0.25) is 0 Å². The Labute approximate surface area is 115 Å². The lowest BCUT2D eigenvalue weighted by Gasteiger charge is -2.20. The zero-order valence-electron chi connectivity index (χ0n) is 10.9. The van der Waals surface area contributed by atoms with Crippen molar-refractivity contribution in [2.45, 2.75) is 39.0 Å². The number of hydrogen-bond acceptors (Lipinski definition) is 2. The van der Waals surface area contributed by atoms with Crippen LogP contribution in [0.2, 0.25) is 0 Å². The van der Waals surface area contributed by atoms with E-state index in [-0.39, 0.29) is 12.4 Å². The number of nitrogens with zero attached hydrogens (tertiary/aromatic N) is 1. The Morgan fingerprint density at radius 3 is 2.83 bits per heavy atom. The summed E-state index contributed by atoms with van der Waals surface area (Å²) in [5.74, 6) is 1.88. The minimum Gasteiger partial charge on any atom is -0.344 e. The number of rotatable bonds is 1. The Kier molecular flexibility index (Phi) is 4.28. The van der Waals surface area contributed by atoms with Crippen molar-refractivity contribution in [1.29, 1.82) is 0 Å². The number of fused-ring (bicyclic) bond motifs is 1. The van der Waals surface area contributed by atoms with Crippen molar-refractivity contribution < 1.29 is 0 Å². The zero-order chi connectivity index (χ0) is 11.7. The molecule has 0 fully saturated rings. The zero-order valence-corrected chi connectivity index (χ0v) is 11.7. The van der Waals surface area contributed by atoms with Gasteiger partial charge in [-0.3, -0.25) is 4.99 Å². The van der Waals surface area contributed by atoms with Crippen LogP contribution in [0.25, 0.3) is 0 Å². The quantitative estimate of drug-likeness (QED) is 0.819. The molecule has 1 aliphatic carbocycles. The van der Waals surface area contributed by atoms with Crippen LogP contribution in [0.5, 0.6) is 0 Å². The van der Waals surface area contributed by atoms with Crippen molar-refractivity contribution in [2.75, 3.05) is 11.9 Å². The minimum absolute atomic E-state index is 0. The highest BCUT2D eigenvalue weighted by Gasteiger charge is 2.17. The van der Waals surface area contributed by atoms with E-state index in [1.54, 1.807) is 0 Å². The van der Waals surface area contributed by atoms with Gasteiger partial charge in [0.15, 0.2) is 0 Å². The fraction of sp³-hybridized carbons (Fsp3) is 0.533. The molecule has 98 valence electrons. The van der Waals surface area contributed by atoms with Crippen LogP contribution in [0, 0.1) is 5.92 Å². The molecule has 0 bridgehead atoms. The maximum Gasteiger partial charge on any atom is 0.101 e. The monoisotopic (exact) mass is 264 g/mol. The first kappa shape index (κ1) is 13.4. The van der Waals surface area contributed by atoms with Crippen LogP contribution >= 0.6 is 12.4 Å². The first-order valence-corrected chi connectivity index (χ1v) is 6.74. The van der Waals surface area contributed by atoms with Crippen molar-refractivity contribution in [3.8, 4) is 0 Å². The molecule has 1 atom stereocenters. The average molecular weight is 265 g/mol. The number of amidine groups is 1. The summed E-state index contributed by atoms with van der Waals surface area (Å²) in [5, 5.41) is 3.55. The minimum atomic E-state index is 0. The van der Waals surface area contributed by atoms with Crippen LogP contribution in [0.1, 0.15) is 37.3 Å².